The summed E-state index contributed by atoms with van der Waals surface area (Å²) in [5.74, 6) is 3.00. The molecular weight excluding hydrogens is 96.1 g/mol. The largest absolute Gasteiger partial charge is 0.0525 e. The summed E-state index contributed by atoms with van der Waals surface area (Å²) < 4.78 is 0. The first kappa shape index (κ1) is 4.84. The normalized spacial score (nSPS) is 31.5. The SMILES string of the molecule is C1C[C]2CCCC2C1. The molecule has 0 aromatic heterocycles. The smallest absolute Gasteiger partial charge is 0.0210 e. The molecule has 0 heterocycles. The number of hydrogen-bond donors (Lipinski definition) is 0. The van der Waals surface area contributed by atoms with E-state index in [9.17, 15) is 0 Å². The van der Waals surface area contributed by atoms with Gasteiger partial charge in [-0.2, -0.15) is 0 Å². The van der Waals surface area contributed by atoms with Crippen LogP contribution in [0.25, 0.3) is 0 Å². The summed E-state index contributed by atoms with van der Waals surface area (Å²) in [6.07, 6.45) is 9.00. The van der Waals surface area contributed by atoms with Crippen LogP contribution < -0.4 is 0 Å². The summed E-state index contributed by atoms with van der Waals surface area (Å²) in [5.41, 5.74) is 0. The predicted molar refractivity (Wildman–Crippen MR) is 34.4 cm³/mol. The Kier molecular flexibility index (Phi) is 1.06. The second kappa shape index (κ2) is 1.75. The molecule has 0 spiro atoms. The van der Waals surface area contributed by atoms with Gasteiger partial charge in [0.05, 0.1) is 0 Å². The van der Waals surface area contributed by atoms with Crippen LogP contribution in [0.3, 0.4) is 0 Å². The lowest BCUT2D eigenvalue weighted by Gasteiger charge is -2.03. The Bertz CT molecular complexity index is 66.0. The quantitative estimate of drug-likeness (QED) is 0.448. The van der Waals surface area contributed by atoms with Crippen LogP contribution in [0.4, 0.5) is 0 Å². The highest BCUT2D eigenvalue weighted by atomic mass is 14.4. The van der Waals surface area contributed by atoms with Gasteiger partial charge in [0.25, 0.3) is 0 Å². The van der Waals surface area contributed by atoms with E-state index >= 15 is 0 Å². The zero-order valence-electron chi connectivity index (χ0n) is 5.32. The van der Waals surface area contributed by atoms with E-state index in [1.165, 1.54) is 38.5 Å². The van der Waals surface area contributed by atoms with Crippen molar-refractivity contribution in [2.24, 2.45) is 5.92 Å². The molecule has 1 radical (unpaired) electrons. The van der Waals surface area contributed by atoms with Crippen molar-refractivity contribution in [3.63, 3.8) is 0 Å². The summed E-state index contributed by atoms with van der Waals surface area (Å²) in [5, 5.41) is 0. The van der Waals surface area contributed by atoms with Crippen molar-refractivity contribution in [1.29, 1.82) is 0 Å². The van der Waals surface area contributed by atoms with Crippen molar-refractivity contribution in [2.45, 2.75) is 38.5 Å². The van der Waals surface area contributed by atoms with Crippen molar-refractivity contribution in [2.75, 3.05) is 0 Å². The zero-order chi connectivity index (χ0) is 5.40. The van der Waals surface area contributed by atoms with E-state index < -0.39 is 0 Å². The van der Waals surface area contributed by atoms with Gasteiger partial charge in [0, 0.05) is 0 Å². The van der Waals surface area contributed by atoms with Crippen molar-refractivity contribution in [3.8, 4) is 0 Å². The third-order valence-electron chi connectivity index (χ3n) is 2.68. The first-order valence-corrected chi connectivity index (χ1v) is 3.81. The highest BCUT2D eigenvalue weighted by Crippen LogP contribution is 2.45. The van der Waals surface area contributed by atoms with Gasteiger partial charge < -0.3 is 0 Å². The Balaban J connectivity index is 2.04. The van der Waals surface area contributed by atoms with Gasteiger partial charge in [-0.25, -0.2) is 0 Å². The van der Waals surface area contributed by atoms with Crippen molar-refractivity contribution in [3.05, 3.63) is 5.92 Å². The molecule has 0 amide bonds. The molecule has 0 unspecified atom stereocenters. The van der Waals surface area contributed by atoms with Crippen LogP contribution >= 0.6 is 0 Å². The molecule has 0 aromatic rings. The molecule has 2 aliphatic carbocycles. The highest BCUT2D eigenvalue weighted by Gasteiger charge is 2.31. The minimum absolute atomic E-state index is 1.09. The molecule has 0 aromatic carbocycles. The van der Waals surface area contributed by atoms with E-state index in [2.05, 4.69) is 0 Å². The van der Waals surface area contributed by atoms with E-state index in [1.54, 1.807) is 0 Å². The van der Waals surface area contributed by atoms with Crippen LogP contribution in [0.15, 0.2) is 0 Å². The molecule has 0 saturated heterocycles. The van der Waals surface area contributed by atoms with Gasteiger partial charge in [-0.05, 0) is 37.5 Å². The molecule has 0 nitrogen and oxygen atoms in total. The Morgan fingerprint density at radius 1 is 1.00 bits per heavy atom. The van der Waals surface area contributed by atoms with E-state index in [-0.39, 0.29) is 0 Å². The summed E-state index contributed by atoms with van der Waals surface area (Å²) in [6, 6.07) is 0. The molecule has 0 bridgehead atoms. The molecule has 45 valence electrons. The van der Waals surface area contributed by atoms with Crippen molar-refractivity contribution in [1.82, 2.24) is 0 Å². The predicted octanol–water partition coefficient (Wildman–Crippen LogP) is 2.54. The molecule has 0 atom stereocenters. The van der Waals surface area contributed by atoms with Gasteiger partial charge >= 0.3 is 0 Å². The fraction of sp³-hybridized carbons (Fsp3) is 0.875. The second-order valence-electron chi connectivity index (χ2n) is 3.14. The Labute approximate surface area is 51.3 Å². The monoisotopic (exact) mass is 109 g/mol. The molecule has 2 fully saturated rings. The lowest BCUT2D eigenvalue weighted by Crippen LogP contribution is -1.93. The third kappa shape index (κ3) is 0.586. The fourth-order valence-electron chi connectivity index (χ4n) is 2.24. The molecule has 8 heavy (non-hydrogen) atoms. The van der Waals surface area contributed by atoms with Gasteiger partial charge in [-0.1, -0.05) is 12.8 Å². The van der Waals surface area contributed by atoms with Crippen LogP contribution in [0, 0.1) is 11.8 Å². The van der Waals surface area contributed by atoms with Gasteiger partial charge in [-0.15, -0.1) is 0 Å². The fourth-order valence-corrected chi connectivity index (χ4v) is 2.24. The average Bonchev–Trinajstić information content (AvgIpc) is 2.15. The Hall–Kier alpha value is 0. The van der Waals surface area contributed by atoms with Crippen LogP contribution in [-0.4, -0.2) is 0 Å². The average molecular weight is 109 g/mol. The molecule has 0 aliphatic heterocycles. The summed E-state index contributed by atoms with van der Waals surface area (Å²) in [6.45, 7) is 0. The van der Waals surface area contributed by atoms with E-state index in [0.29, 0.717) is 0 Å². The first-order valence-electron chi connectivity index (χ1n) is 3.81. The zero-order valence-corrected chi connectivity index (χ0v) is 5.32. The molecule has 2 rings (SSSR count). The van der Waals surface area contributed by atoms with Crippen molar-refractivity contribution >= 4 is 0 Å². The van der Waals surface area contributed by atoms with Gasteiger partial charge in [-0.3, -0.25) is 0 Å². The molecule has 2 aliphatic rings. The molecular formula is C8H13. The summed E-state index contributed by atoms with van der Waals surface area (Å²) >= 11 is 0. The molecule has 2 saturated carbocycles. The van der Waals surface area contributed by atoms with Crippen molar-refractivity contribution < 1.29 is 0 Å². The van der Waals surface area contributed by atoms with Gasteiger partial charge in [0.2, 0.25) is 0 Å². The summed E-state index contributed by atoms with van der Waals surface area (Å²) in [7, 11) is 0. The summed E-state index contributed by atoms with van der Waals surface area (Å²) in [4.78, 5) is 0. The maximum absolute atomic E-state index is 1.91. The van der Waals surface area contributed by atoms with Crippen LogP contribution in [0.5, 0.6) is 0 Å². The maximum atomic E-state index is 1.91. The van der Waals surface area contributed by atoms with Crippen LogP contribution in [0.1, 0.15) is 38.5 Å². The van der Waals surface area contributed by atoms with Crippen LogP contribution in [0.2, 0.25) is 0 Å². The maximum Gasteiger partial charge on any atom is -0.0210 e. The third-order valence-corrected chi connectivity index (χ3v) is 2.68. The number of fused-ring (bicyclic) bond motifs is 1. The minimum atomic E-state index is 1.09. The lowest BCUT2D eigenvalue weighted by molar-refractivity contribution is 0.602. The van der Waals surface area contributed by atoms with Gasteiger partial charge in [0.1, 0.15) is 0 Å². The lowest BCUT2D eigenvalue weighted by atomic mass is 10.0. The van der Waals surface area contributed by atoms with Crippen LogP contribution in [-0.2, 0) is 0 Å². The number of hydrogen-bond acceptors (Lipinski definition) is 0. The molecule has 0 heteroatoms. The number of rotatable bonds is 0. The van der Waals surface area contributed by atoms with E-state index in [1.807, 2.05) is 5.92 Å². The second-order valence-corrected chi connectivity index (χ2v) is 3.14. The topological polar surface area (TPSA) is 0 Å². The Morgan fingerprint density at radius 2 is 1.62 bits per heavy atom. The van der Waals surface area contributed by atoms with E-state index in [0.717, 1.165) is 5.92 Å². The molecule has 0 N–H and O–H groups in total. The standard InChI is InChI=1S/C8H13/c1-3-7-5-2-6-8(7)4-1/h7H,1-6H2. The van der Waals surface area contributed by atoms with E-state index in [4.69, 9.17) is 0 Å². The van der Waals surface area contributed by atoms with Gasteiger partial charge in [0.15, 0.2) is 0 Å². The first-order chi connectivity index (χ1) is 3.97. The highest BCUT2D eigenvalue weighted by molar-refractivity contribution is 5.05. The minimum Gasteiger partial charge on any atom is -0.0525 e. The Morgan fingerprint density at radius 3 is 2.12 bits per heavy atom.